The number of rotatable bonds is 7. The third-order valence-corrected chi connectivity index (χ3v) is 6.62. The molecule has 1 heterocycles. The largest absolute Gasteiger partial charge is 0.352 e. The van der Waals surface area contributed by atoms with E-state index in [-0.39, 0.29) is 5.75 Å². The van der Waals surface area contributed by atoms with Gasteiger partial charge in [0.2, 0.25) is 10.0 Å². The minimum Gasteiger partial charge on any atom is -0.352 e. The van der Waals surface area contributed by atoms with Crippen LogP contribution in [0, 0.1) is 5.41 Å². The monoisotopic (exact) mass is 394 g/mol. The molecule has 1 unspecified atom stereocenters. The first-order valence-electron chi connectivity index (χ1n) is 9.75. The van der Waals surface area contributed by atoms with Crippen molar-refractivity contribution in [3.63, 3.8) is 0 Å². The van der Waals surface area contributed by atoms with Gasteiger partial charge in [-0.1, -0.05) is 44.5 Å². The van der Waals surface area contributed by atoms with Crippen LogP contribution < -0.4 is 10.0 Å². The van der Waals surface area contributed by atoms with E-state index in [4.69, 9.17) is 0 Å². The number of aliphatic imine (C=N–C) groups is 1. The third-order valence-electron chi connectivity index (χ3n) is 5.29. The molecule has 0 saturated carbocycles. The van der Waals surface area contributed by atoms with E-state index in [9.17, 15) is 8.42 Å². The van der Waals surface area contributed by atoms with E-state index in [2.05, 4.69) is 33.8 Å². The van der Waals surface area contributed by atoms with Crippen LogP contribution >= 0.6 is 0 Å². The summed E-state index contributed by atoms with van der Waals surface area (Å²) < 4.78 is 25.6. The molecule has 1 aliphatic heterocycles. The van der Waals surface area contributed by atoms with Gasteiger partial charge in [0.15, 0.2) is 5.96 Å². The number of benzene rings is 1. The highest BCUT2D eigenvalue weighted by atomic mass is 32.2. The van der Waals surface area contributed by atoms with Gasteiger partial charge in [0.05, 0.1) is 5.75 Å². The summed E-state index contributed by atoms with van der Waals surface area (Å²) in [5, 5.41) is 3.46. The fraction of sp³-hybridized carbons (Fsp3) is 0.650. The average Bonchev–Trinajstić information content (AvgIpc) is 2.63. The standard InChI is InChI=1S/C20H34N4O2S/c1-5-11-20(2)12-6-13-24(16-20)19(21-3)23-14-17-7-9-18(10-8-17)15-27(25,26)22-4/h7-10,22H,5-6,11-16H2,1-4H3,(H,21,23). The minimum absolute atomic E-state index is 0.00264. The zero-order valence-electron chi connectivity index (χ0n) is 17.1. The molecule has 0 radical (unpaired) electrons. The molecule has 0 aromatic heterocycles. The zero-order chi connectivity index (χ0) is 19.9. The van der Waals surface area contributed by atoms with E-state index in [1.807, 2.05) is 31.3 Å². The molecule has 0 aliphatic carbocycles. The maximum absolute atomic E-state index is 11.6. The molecule has 1 aliphatic rings. The van der Waals surface area contributed by atoms with Crippen molar-refractivity contribution in [3.05, 3.63) is 35.4 Å². The summed E-state index contributed by atoms with van der Waals surface area (Å²) in [5.41, 5.74) is 2.25. The number of sulfonamides is 1. The van der Waals surface area contributed by atoms with Crippen LogP contribution in [0.25, 0.3) is 0 Å². The highest BCUT2D eigenvalue weighted by Crippen LogP contribution is 2.33. The second kappa shape index (κ2) is 9.55. The maximum atomic E-state index is 11.6. The topological polar surface area (TPSA) is 73.8 Å². The van der Waals surface area contributed by atoms with Crippen LogP contribution in [0.15, 0.2) is 29.3 Å². The van der Waals surface area contributed by atoms with Gasteiger partial charge in [-0.3, -0.25) is 4.99 Å². The molecule has 1 aromatic rings. The van der Waals surface area contributed by atoms with Crippen molar-refractivity contribution >= 4 is 16.0 Å². The minimum atomic E-state index is -3.24. The van der Waals surface area contributed by atoms with E-state index < -0.39 is 10.0 Å². The molecule has 0 amide bonds. The molecule has 1 atom stereocenters. The molecule has 1 saturated heterocycles. The maximum Gasteiger partial charge on any atom is 0.215 e. The summed E-state index contributed by atoms with van der Waals surface area (Å²) in [6, 6.07) is 7.68. The van der Waals surface area contributed by atoms with Gasteiger partial charge in [-0.15, -0.1) is 0 Å². The Bertz CT molecular complexity index is 727. The molecule has 0 bridgehead atoms. The summed E-state index contributed by atoms with van der Waals surface area (Å²) in [4.78, 5) is 6.84. The summed E-state index contributed by atoms with van der Waals surface area (Å²) in [6.45, 7) is 7.39. The highest BCUT2D eigenvalue weighted by Gasteiger charge is 2.31. The van der Waals surface area contributed by atoms with Crippen LogP contribution in [-0.4, -0.2) is 46.5 Å². The van der Waals surface area contributed by atoms with Gasteiger partial charge in [0, 0.05) is 26.7 Å². The molecular weight excluding hydrogens is 360 g/mol. The van der Waals surface area contributed by atoms with E-state index in [1.165, 1.54) is 32.7 Å². The average molecular weight is 395 g/mol. The quantitative estimate of drug-likeness (QED) is 0.551. The lowest BCUT2D eigenvalue weighted by Crippen LogP contribution is -2.49. The van der Waals surface area contributed by atoms with Crippen molar-refractivity contribution in [1.29, 1.82) is 0 Å². The second-order valence-electron chi connectivity index (χ2n) is 7.77. The van der Waals surface area contributed by atoms with Crippen LogP contribution in [-0.2, 0) is 22.3 Å². The summed E-state index contributed by atoms with van der Waals surface area (Å²) >= 11 is 0. The van der Waals surface area contributed by atoms with E-state index >= 15 is 0 Å². The number of nitrogens with zero attached hydrogens (tertiary/aromatic N) is 2. The van der Waals surface area contributed by atoms with Crippen molar-refractivity contribution in [2.24, 2.45) is 10.4 Å². The number of likely N-dealkylation sites (tertiary alicyclic amines) is 1. The van der Waals surface area contributed by atoms with Gasteiger partial charge in [0.1, 0.15) is 0 Å². The molecule has 7 heteroatoms. The normalized spacial score (nSPS) is 21.3. The number of nitrogens with one attached hydrogen (secondary N) is 2. The first-order chi connectivity index (χ1) is 12.8. The lowest BCUT2D eigenvalue weighted by molar-refractivity contribution is 0.142. The molecule has 1 aromatic carbocycles. The summed E-state index contributed by atoms with van der Waals surface area (Å²) in [5.74, 6) is 0.946. The SMILES string of the molecule is CCCC1(C)CCCN(C(=NC)NCc2ccc(CS(=O)(=O)NC)cc2)C1. The van der Waals surface area contributed by atoms with E-state index in [1.54, 1.807) is 0 Å². The van der Waals surface area contributed by atoms with Gasteiger partial charge in [0.25, 0.3) is 0 Å². The van der Waals surface area contributed by atoms with Crippen LogP contribution in [0.5, 0.6) is 0 Å². The molecule has 2 N–H and O–H groups in total. The van der Waals surface area contributed by atoms with Gasteiger partial charge in [-0.25, -0.2) is 13.1 Å². The lowest BCUT2D eigenvalue weighted by atomic mass is 9.78. The van der Waals surface area contributed by atoms with Gasteiger partial charge >= 0.3 is 0 Å². The van der Waals surface area contributed by atoms with Crippen LogP contribution in [0.3, 0.4) is 0 Å². The molecule has 1 fully saturated rings. The van der Waals surface area contributed by atoms with Crippen molar-refractivity contribution in [1.82, 2.24) is 14.9 Å². The van der Waals surface area contributed by atoms with Crippen LogP contribution in [0.2, 0.25) is 0 Å². The Morgan fingerprint density at radius 1 is 1.26 bits per heavy atom. The smallest absolute Gasteiger partial charge is 0.215 e. The van der Waals surface area contributed by atoms with Crippen LogP contribution in [0.1, 0.15) is 50.7 Å². The van der Waals surface area contributed by atoms with Crippen molar-refractivity contribution in [2.45, 2.75) is 51.8 Å². The number of hydrogen-bond donors (Lipinski definition) is 2. The van der Waals surface area contributed by atoms with E-state index in [0.717, 1.165) is 30.2 Å². The van der Waals surface area contributed by atoms with Crippen molar-refractivity contribution in [2.75, 3.05) is 27.2 Å². The van der Waals surface area contributed by atoms with Gasteiger partial charge in [-0.05, 0) is 42.9 Å². The molecule has 2 rings (SSSR count). The molecule has 27 heavy (non-hydrogen) atoms. The molecule has 0 spiro atoms. The Morgan fingerprint density at radius 2 is 1.93 bits per heavy atom. The first kappa shape index (κ1) is 21.7. The predicted octanol–water partition coefficient (Wildman–Crippen LogP) is 2.71. The predicted molar refractivity (Wildman–Crippen MR) is 112 cm³/mol. The Hall–Kier alpha value is -1.60. The number of hydrogen-bond acceptors (Lipinski definition) is 3. The molecule has 6 nitrogen and oxygen atoms in total. The summed E-state index contributed by atoms with van der Waals surface area (Å²) in [7, 11) is 0.0321. The van der Waals surface area contributed by atoms with E-state index in [0.29, 0.717) is 12.0 Å². The molecule has 152 valence electrons. The fourth-order valence-electron chi connectivity index (χ4n) is 3.86. The Labute approximate surface area is 164 Å². The van der Waals surface area contributed by atoms with Crippen molar-refractivity contribution in [3.8, 4) is 0 Å². The highest BCUT2D eigenvalue weighted by molar-refractivity contribution is 7.88. The lowest BCUT2D eigenvalue weighted by Gasteiger charge is -2.42. The first-order valence-corrected chi connectivity index (χ1v) is 11.4. The second-order valence-corrected chi connectivity index (χ2v) is 9.69. The Balaban J connectivity index is 1.94. The summed E-state index contributed by atoms with van der Waals surface area (Å²) in [6.07, 6.45) is 4.95. The number of guanidine groups is 1. The molecular formula is C20H34N4O2S. The van der Waals surface area contributed by atoms with Gasteiger partial charge < -0.3 is 10.2 Å². The number of piperidine rings is 1. The third kappa shape index (κ3) is 6.50. The van der Waals surface area contributed by atoms with Crippen molar-refractivity contribution < 1.29 is 8.42 Å². The Kier molecular flexibility index (Phi) is 7.68. The Morgan fingerprint density at radius 3 is 2.52 bits per heavy atom. The van der Waals surface area contributed by atoms with Gasteiger partial charge in [-0.2, -0.15) is 0 Å². The zero-order valence-corrected chi connectivity index (χ0v) is 17.9. The van der Waals surface area contributed by atoms with Crippen LogP contribution in [0.4, 0.5) is 0 Å². The fourth-order valence-corrected chi connectivity index (χ4v) is 4.64.